The fourth-order valence-corrected chi connectivity index (χ4v) is 6.25. The topological polar surface area (TPSA) is 134 Å². The lowest BCUT2D eigenvalue weighted by Gasteiger charge is -2.52. The monoisotopic (exact) mass is 548 g/mol. The zero-order valence-electron chi connectivity index (χ0n) is 23.3. The number of carbonyl (C=O) groups excluding carboxylic acids is 1. The van der Waals surface area contributed by atoms with E-state index in [0.29, 0.717) is 43.2 Å². The molecule has 1 saturated carbocycles. The minimum absolute atomic E-state index is 0.0282. The molecule has 1 aliphatic heterocycles. The summed E-state index contributed by atoms with van der Waals surface area (Å²) in [7, 11) is 3.94. The van der Waals surface area contributed by atoms with Gasteiger partial charge >= 0.3 is 0 Å². The Morgan fingerprint density at radius 1 is 1.15 bits per heavy atom. The Balaban J connectivity index is 1.11. The highest BCUT2D eigenvalue weighted by Crippen LogP contribution is 2.45. The van der Waals surface area contributed by atoms with Crippen LogP contribution in [0.4, 0.5) is 0 Å². The van der Waals surface area contributed by atoms with Crippen molar-refractivity contribution in [3.05, 3.63) is 65.9 Å². The molecule has 3 aromatic heterocycles. The van der Waals surface area contributed by atoms with E-state index in [1.807, 2.05) is 65.4 Å². The van der Waals surface area contributed by atoms with Crippen molar-refractivity contribution in [3.8, 4) is 23.4 Å². The minimum Gasteiger partial charge on any atom is -0.346 e. The summed E-state index contributed by atoms with van der Waals surface area (Å²) in [6.07, 6.45) is 9.25. The van der Waals surface area contributed by atoms with Crippen LogP contribution in [0, 0.1) is 22.7 Å². The van der Waals surface area contributed by atoms with Crippen molar-refractivity contribution >= 4 is 16.9 Å². The third-order valence-electron chi connectivity index (χ3n) is 8.32. The first kappa shape index (κ1) is 26.6. The second-order valence-electron chi connectivity index (χ2n) is 11.4. The lowest BCUT2D eigenvalue weighted by molar-refractivity contribution is -0.0158. The van der Waals surface area contributed by atoms with Crippen molar-refractivity contribution in [3.63, 3.8) is 0 Å². The summed E-state index contributed by atoms with van der Waals surface area (Å²) >= 11 is 0. The number of carbonyl (C=O) groups is 1. The summed E-state index contributed by atoms with van der Waals surface area (Å²) in [5, 5.41) is 24.8. The van der Waals surface area contributed by atoms with Crippen LogP contribution in [0.25, 0.3) is 22.3 Å². The van der Waals surface area contributed by atoms with Crippen molar-refractivity contribution in [2.75, 3.05) is 40.3 Å². The molecule has 0 unspecified atom stereocenters. The predicted molar refractivity (Wildman–Crippen MR) is 152 cm³/mol. The van der Waals surface area contributed by atoms with Gasteiger partial charge in [0.05, 0.1) is 41.6 Å². The van der Waals surface area contributed by atoms with Gasteiger partial charge in [-0.25, -0.2) is 9.97 Å². The lowest BCUT2D eigenvalue weighted by atomic mass is 9.70. The van der Waals surface area contributed by atoms with Gasteiger partial charge in [-0.2, -0.15) is 15.6 Å². The Bertz CT molecular complexity index is 1660. The molecule has 1 N–H and O–H groups in total. The zero-order chi connectivity index (χ0) is 28.6. The van der Waals surface area contributed by atoms with Crippen LogP contribution < -0.4 is 0 Å². The number of aromatic nitrogens is 5. The van der Waals surface area contributed by atoms with Gasteiger partial charge in [0.25, 0.3) is 5.91 Å². The van der Waals surface area contributed by atoms with Crippen molar-refractivity contribution in [2.24, 2.45) is 0 Å². The summed E-state index contributed by atoms with van der Waals surface area (Å²) < 4.78 is 1.95. The van der Waals surface area contributed by atoms with Crippen LogP contribution in [-0.4, -0.2) is 91.7 Å². The maximum atomic E-state index is 13.3. The Kier molecular flexibility index (Phi) is 7.00. The Morgan fingerprint density at radius 3 is 2.68 bits per heavy atom. The van der Waals surface area contributed by atoms with Gasteiger partial charge in [-0.3, -0.25) is 14.4 Å². The average molecular weight is 549 g/mol. The maximum absolute atomic E-state index is 13.3. The van der Waals surface area contributed by atoms with Crippen LogP contribution in [0.2, 0.25) is 0 Å². The second-order valence-corrected chi connectivity index (χ2v) is 11.4. The number of H-pyrrole nitrogens is 1. The fourth-order valence-electron chi connectivity index (χ4n) is 6.25. The van der Waals surface area contributed by atoms with Crippen LogP contribution in [0.15, 0.2) is 49.2 Å². The van der Waals surface area contributed by atoms with Gasteiger partial charge < -0.3 is 14.8 Å². The lowest BCUT2D eigenvalue weighted by Crippen LogP contribution is -2.60. The molecular formula is C30H32N10O. The molecule has 11 nitrogen and oxygen atoms in total. The molecule has 0 atom stereocenters. The molecule has 1 aromatic carbocycles. The highest BCUT2D eigenvalue weighted by molar-refractivity contribution is 5.95. The predicted octanol–water partition coefficient (Wildman–Crippen LogP) is 2.98. The average Bonchev–Trinajstić information content (AvgIpc) is 3.64. The molecule has 1 saturated heterocycles. The molecule has 1 aliphatic carbocycles. The summed E-state index contributed by atoms with van der Waals surface area (Å²) in [5.41, 5.74) is 4.19. The molecule has 4 heterocycles. The van der Waals surface area contributed by atoms with E-state index in [4.69, 9.17) is 0 Å². The minimum atomic E-state index is -0.352. The largest absolute Gasteiger partial charge is 0.346 e. The van der Waals surface area contributed by atoms with Crippen LogP contribution >= 0.6 is 0 Å². The molecule has 2 fully saturated rings. The van der Waals surface area contributed by atoms with Crippen molar-refractivity contribution < 1.29 is 4.79 Å². The van der Waals surface area contributed by atoms with E-state index < -0.39 is 0 Å². The van der Waals surface area contributed by atoms with Gasteiger partial charge in [0.15, 0.2) is 0 Å². The number of rotatable bonds is 7. The molecule has 0 bridgehead atoms. The number of amides is 1. The van der Waals surface area contributed by atoms with Crippen molar-refractivity contribution in [2.45, 2.75) is 37.4 Å². The molecule has 208 valence electrons. The van der Waals surface area contributed by atoms with Crippen molar-refractivity contribution in [1.82, 2.24) is 39.4 Å². The number of hydrogen-bond acceptors (Lipinski definition) is 8. The van der Waals surface area contributed by atoms with Crippen LogP contribution in [0.5, 0.6) is 0 Å². The van der Waals surface area contributed by atoms with Gasteiger partial charge in [0.2, 0.25) is 0 Å². The van der Waals surface area contributed by atoms with Gasteiger partial charge in [0, 0.05) is 67.7 Å². The molecule has 11 heteroatoms. The Morgan fingerprint density at radius 2 is 1.95 bits per heavy atom. The standard InChI is InChI=1S/C30H32N10O/c1-37(2)18-22-11-21(16-32)12-23(13-22)29(41)39-9-7-38(8-10-39)25-14-30(15-25,4-5-31)40-19-24(17-36-40)27-26-3-6-33-28(26)35-20-34-27/h3,6,11-13,17,19-20,25H,4,7-10,14-15,18H2,1-2H3,(H,33,34,35)/t25-,30+. The Hall–Kier alpha value is -4.58. The quantitative estimate of drug-likeness (QED) is 0.373. The van der Waals surface area contributed by atoms with E-state index in [-0.39, 0.29) is 11.4 Å². The number of nitriles is 2. The van der Waals surface area contributed by atoms with E-state index in [1.54, 1.807) is 12.4 Å². The Labute approximate surface area is 238 Å². The highest BCUT2D eigenvalue weighted by atomic mass is 16.2. The van der Waals surface area contributed by atoms with E-state index in [9.17, 15) is 15.3 Å². The van der Waals surface area contributed by atoms with E-state index in [0.717, 1.165) is 53.8 Å². The molecule has 1 amide bonds. The smallest absolute Gasteiger partial charge is 0.253 e. The normalized spacial score (nSPS) is 21.0. The third kappa shape index (κ3) is 5.06. The number of nitrogens with one attached hydrogen (secondary N) is 1. The summed E-state index contributed by atoms with van der Waals surface area (Å²) in [6.45, 7) is 3.49. The van der Waals surface area contributed by atoms with E-state index in [1.165, 1.54) is 0 Å². The van der Waals surface area contributed by atoms with Gasteiger partial charge in [-0.15, -0.1) is 0 Å². The molecule has 4 aromatic rings. The fraction of sp³-hybridized carbons (Fsp3) is 0.400. The molecule has 0 radical (unpaired) electrons. The number of fused-ring (bicyclic) bond motifs is 1. The van der Waals surface area contributed by atoms with E-state index in [2.05, 4.69) is 37.1 Å². The van der Waals surface area contributed by atoms with Crippen LogP contribution in [0.1, 0.15) is 40.7 Å². The molecular weight excluding hydrogens is 516 g/mol. The molecule has 6 rings (SSSR count). The summed E-state index contributed by atoms with van der Waals surface area (Å²) in [5.74, 6) is -0.0282. The molecule has 0 spiro atoms. The first-order valence-corrected chi connectivity index (χ1v) is 13.8. The first-order valence-electron chi connectivity index (χ1n) is 13.8. The highest BCUT2D eigenvalue weighted by Gasteiger charge is 2.49. The SMILES string of the molecule is CN(C)Cc1cc(C#N)cc(C(=O)N2CCN([C@H]3C[C@@](CC#N)(n4cc(-c5ncnc6[nH]ccc56)cn4)C3)CC2)c1. The number of aromatic amines is 1. The number of nitrogens with zero attached hydrogens (tertiary/aromatic N) is 9. The number of hydrogen-bond donors (Lipinski definition) is 1. The summed E-state index contributed by atoms with van der Waals surface area (Å²) in [6, 6.07) is 12.3. The molecule has 41 heavy (non-hydrogen) atoms. The summed E-state index contributed by atoms with van der Waals surface area (Å²) in [4.78, 5) is 31.6. The van der Waals surface area contributed by atoms with Crippen molar-refractivity contribution in [1.29, 1.82) is 10.5 Å². The number of benzene rings is 1. The van der Waals surface area contributed by atoms with Crippen LogP contribution in [0.3, 0.4) is 0 Å². The maximum Gasteiger partial charge on any atom is 0.253 e. The van der Waals surface area contributed by atoms with Gasteiger partial charge in [0.1, 0.15) is 12.0 Å². The first-order chi connectivity index (χ1) is 19.9. The number of piperazine rings is 1. The zero-order valence-corrected chi connectivity index (χ0v) is 23.3. The second kappa shape index (κ2) is 10.8. The molecule has 2 aliphatic rings. The van der Waals surface area contributed by atoms with E-state index >= 15 is 0 Å². The van der Waals surface area contributed by atoms with Gasteiger partial charge in [-0.05, 0) is 56.8 Å². The van der Waals surface area contributed by atoms with Gasteiger partial charge in [-0.1, -0.05) is 0 Å². The third-order valence-corrected chi connectivity index (χ3v) is 8.32. The van der Waals surface area contributed by atoms with Crippen LogP contribution in [-0.2, 0) is 12.1 Å².